The first-order chi connectivity index (χ1) is 10.1. The normalized spacial score (nSPS) is 14.0. The van der Waals surface area contributed by atoms with Crippen molar-refractivity contribution in [3.63, 3.8) is 0 Å². The number of aromatic nitrogens is 1. The van der Waals surface area contributed by atoms with E-state index < -0.39 is 5.91 Å². The number of rotatable bonds is 3. The fraction of sp³-hybridized carbons (Fsp3) is 0.200. The van der Waals surface area contributed by atoms with Gasteiger partial charge in [0.15, 0.2) is 0 Å². The fourth-order valence-corrected chi connectivity index (χ4v) is 2.26. The van der Waals surface area contributed by atoms with Gasteiger partial charge in [0.25, 0.3) is 5.91 Å². The van der Waals surface area contributed by atoms with Crippen molar-refractivity contribution in [2.75, 3.05) is 11.9 Å². The number of nitrogens with one attached hydrogen (secondary N) is 1. The lowest BCUT2D eigenvalue weighted by Gasteiger charge is -2.22. The van der Waals surface area contributed by atoms with Gasteiger partial charge in [-0.3, -0.25) is 10.0 Å². The Balaban J connectivity index is 1.76. The van der Waals surface area contributed by atoms with Crippen LogP contribution < -0.4 is 5.32 Å². The van der Waals surface area contributed by atoms with E-state index in [0.717, 1.165) is 11.1 Å². The maximum Gasteiger partial charge on any atom is 0.296 e. The first-order valence-corrected chi connectivity index (χ1v) is 6.62. The predicted octanol–water partition coefficient (Wildman–Crippen LogP) is 2.22. The van der Waals surface area contributed by atoms with Crippen molar-refractivity contribution in [3.05, 3.63) is 59.0 Å². The summed E-state index contributed by atoms with van der Waals surface area (Å²) < 4.78 is 13.1. The minimum absolute atomic E-state index is 0.257. The zero-order valence-corrected chi connectivity index (χ0v) is 11.2. The van der Waals surface area contributed by atoms with Gasteiger partial charge in [0.1, 0.15) is 17.3 Å². The number of hydrogen-bond donors (Lipinski definition) is 2. The molecule has 0 aliphatic carbocycles. The number of benzene rings is 1. The highest BCUT2D eigenvalue weighted by molar-refractivity contribution is 5.94. The molecule has 2 heterocycles. The number of hydroxylamine groups is 2. The van der Waals surface area contributed by atoms with Gasteiger partial charge >= 0.3 is 0 Å². The average Bonchev–Trinajstić information content (AvgIpc) is 2.49. The molecule has 6 heteroatoms. The lowest BCUT2D eigenvalue weighted by atomic mass is 10.1. The molecule has 2 aromatic rings. The quantitative estimate of drug-likeness (QED) is 0.850. The van der Waals surface area contributed by atoms with Gasteiger partial charge in [-0.15, -0.1) is 0 Å². The molecule has 1 aromatic heterocycles. The van der Waals surface area contributed by atoms with Crippen LogP contribution in [0.2, 0.25) is 0 Å². The van der Waals surface area contributed by atoms with Crippen LogP contribution in [0.1, 0.15) is 21.6 Å². The number of hydrogen-bond acceptors (Lipinski definition) is 4. The highest BCUT2D eigenvalue weighted by atomic mass is 19.1. The highest BCUT2D eigenvalue weighted by Crippen LogP contribution is 2.18. The molecule has 0 bridgehead atoms. The molecule has 5 nitrogen and oxygen atoms in total. The summed E-state index contributed by atoms with van der Waals surface area (Å²) in [7, 11) is 0. The Morgan fingerprint density at radius 3 is 3.00 bits per heavy atom. The van der Waals surface area contributed by atoms with Crippen LogP contribution in [0.3, 0.4) is 0 Å². The average molecular weight is 287 g/mol. The van der Waals surface area contributed by atoms with E-state index in [2.05, 4.69) is 10.3 Å². The van der Waals surface area contributed by atoms with Crippen LogP contribution >= 0.6 is 0 Å². The molecule has 1 amide bonds. The molecule has 0 radical (unpaired) electrons. The van der Waals surface area contributed by atoms with Crippen molar-refractivity contribution in [2.45, 2.75) is 13.0 Å². The third kappa shape index (κ3) is 2.85. The van der Waals surface area contributed by atoms with E-state index in [0.29, 0.717) is 23.8 Å². The molecule has 0 saturated carbocycles. The monoisotopic (exact) mass is 287 g/mol. The number of pyridine rings is 1. The molecule has 0 atom stereocenters. The smallest absolute Gasteiger partial charge is 0.296 e. The summed E-state index contributed by atoms with van der Waals surface area (Å²) in [6.45, 7) is 0.685. The van der Waals surface area contributed by atoms with E-state index in [1.807, 2.05) is 6.07 Å². The largest absolute Gasteiger partial charge is 0.366 e. The van der Waals surface area contributed by atoms with Crippen LogP contribution in [0.5, 0.6) is 0 Å². The number of carbonyl (C=O) groups excluding carboxylic acids is 1. The zero-order valence-electron chi connectivity index (χ0n) is 11.2. The fourth-order valence-electron chi connectivity index (χ4n) is 2.26. The number of anilines is 1. The highest BCUT2D eigenvalue weighted by Gasteiger charge is 2.24. The Labute approximate surface area is 121 Å². The lowest BCUT2D eigenvalue weighted by Crippen LogP contribution is -2.35. The van der Waals surface area contributed by atoms with Crippen molar-refractivity contribution in [2.24, 2.45) is 0 Å². The Hall–Kier alpha value is -2.47. The summed E-state index contributed by atoms with van der Waals surface area (Å²) in [5.41, 5.74) is 1.86. The maximum absolute atomic E-state index is 13.1. The van der Waals surface area contributed by atoms with Gasteiger partial charge in [-0.2, -0.15) is 0 Å². The van der Waals surface area contributed by atoms with Crippen LogP contribution in [-0.4, -0.2) is 27.7 Å². The van der Waals surface area contributed by atoms with Gasteiger partial charge in [-0.05, 0) is 35.7 Å². The Morgan fingerprint density at radius 1 is 1.33 bits per heavy atom. The molecule has 21 heavy (non-hydrogen) atoms. The van der Waals surface area contributed by atoms with E-state index in [9.17, 15) is 14.4 Å². The van der Waals surface area contributed by atoms with Gasteiger partial charge in [0.05, 0.1) is 6.54 Å². The molecule has 0 unspecified atom stereocenters. The second-order valence-corrected chi connectivity index (χ2v) is 4.87. The van der Waals surface area contributed by atoms with E-state index in [4.69, 9.17) is 0 Å². The van der Waals surface area contributed by atoms with E-state index in [1.54, 1.807) is 18.2 Å². The summed E-state index contributed by atoms with van der Waals surface area (Å²) in [4.78, 5) is 16.0. The maximum atomic E-state index is 13.1. The lowest BCUT2D eigenvalue weighted by molar-refractivity contribution is -0.0607. The van der Waals surface area contributed by atoms with E-state index >= 15 is 0 Å². The molecular formula is C15H14FN3O2. The first kappa shape index (κ1) is 13.5. The topological polar surface area (TPSA) is 65.5 Å². The van der Waals surface area contributed by atoms with Crippen LogP contribution in [0.15, 0.2) is 36.4 Å². The molecule has 2 N–H and O–H groups in total. The summed E-state index contributed by atoms with van der Waals surface area (Å²) in [5, 5.41) is 13.2. The molecule has 0 saturated heterocycles. The molecule has 0 spiro atoms. The summed E-state index contributed by atoms with van der Waals surface area (Å²) in [5.74, 6) is -0.272. The van der Waals surface area contributed by atoms with Crippen LogP contribution in [-0.2, 0) is 13.0 Å². The number of amides is 1. The van der Waals surface area contributed by atoms with Crippen LogP contribution in [0.25, 0.3) is 0 Å². The van der Waals surface area contributed by atoms with Crippen molar-refractivity contribution in [3.8, 4) is 0 Å². The zero-order chi connectivity index (χ0) is 14.8. The third-order valence-corrected chi connectivity index (χ3v) is 3.37. The summed E-state index contributed by atoms with van der Waals surface area (Å²) in [6, 6.07) is 9.86. The Bertz CT molecular complexity index is 690. The van der Waals surface area contributed by atoms with Crippen molar-refractivity contribution < 1.29 is 14.4 Å². The second-order valence-electron chi connectivity index (χ2n) is 4.87. The minimum atomic E-state index is -0.495. The Morgan fingerprint density at radius 2 is 2.19 bits per heavy atom. The van der Waals surface area contributed by atoms with E-state index in [-0.39, 0.29) is 18.1 Å². The molecule has 108 valence electrons. The summed E-state index contributed by atoms with van der Waals surface area (Å²) in [6.07, 6.45) is 0.578. The van der Waals surface area contributed by atoms with Gasteiger partial charge in [0.2, 0.25) is 0 Å². The van der Waals surface area contributed by atoms with Gasteiger partial charge in [-0.25, -0.2) is 14.4 Å². The van der Waals surface area contributed by atoms with Crippen LogP contribution in [0, 0.1) is 5.82 Å². The number of fused-ring (bicyclic) bond motifs is 1. The number of carbonyl (C=O) groups is 1. The summed E-state index contributed by atoms with van der Waals surface area (Å²) >= 11 is 0. The number of nitrogens with zero attached hydrogens (tertiary/aromatic N) is 2. The van der Waals surface area contributed by atoms with Crippen LogP contribution in [0.4, 0.5) is 10.2 Å². The SMILES string of the molecule is O=C1c2nc(NCc3cccc(F)c3)ccc2CCN1O. The molecular weight excluding hydrogens is 273 g/mol. The van der Waals surface area contributed by atoms with Gasteiger partial charge in [-0.1, -0.05) is 18.2 Å². The third-order valence-electron chi connectivity index (χ3n) is 3.37. The van der Waals surface area contributed by atoms with Gasteiger partial charge < -0.3 is 5.32 Å². The van der Waals surface area contributed by atoms with Crippen molar-refractivity contribution in [1.29, 1.82) is 0 Å². The van der Waals surface area contributed by atoms with Crippen molar-refractivity contribution >= 4 is 11.7 Å². The second kappa shape index (κ2) is 5.49. The predicted molar refractivity (Wildman–Crippen MR) is 74.5 cm³/mol. The Kier molecular flexibility index (Phi) is 3.53. The molecule has 0 fully saturated rings. The van der Waals surface area contributed by atoms with Gasteiger partial charge in [0, 0.05) is 6.54 Å². The van der Waals surface area contributed by atoms with E-state index in [1.165, 1.54) is 12.1 Å². The standard InChI is InChI=1S/C15H14FN3O2/c16-12-3-1-2-10(8-12)9-17-13-5-4-11-6-7-19(21)15(20)14(11)18-13/h1-5,8,21H,6-7,9H2,(H,17,18). The minimum Gasteiger partial charge on any atom is -0.366 e. The van der Waals surface area contributed by atoms with Crippen molar-refractivity contribution in [1.82, 2.24) is 10.0 Å². The number of halogens is 1. The molecule has 1 aromatic carbocycles. The first-order valence-electron chi connectivity index (χ1n) is 6.62. The molecule has 3 rings (SSSR count). The molecule has 1 aliphatic heterocycles. The molecule has 1 aliphatic rings.